The lowest BCUT2D eigenvalue weighted by Crippen LogP contribution is -2.41. The van der Waals surface area contributed by atoms with Gasteiger partial charge in [-0.15, -0.1) is 11.3 Å². The van der Waals surface area contributed by atoms with Gasteiger partial charge in [0.25, 0.3) is 10.0 Å². The molecule has 1 unspecified atom stereocenters. The second kappa shape index (κ2) is 7.84. The molecule has 2 fully saturated rings. The molecule has 2 heterocycles. The first-order valence-electron chi connectivity index (χ1n) is 8.66. The van der Waals surface area contributed by atoms with Crippen molar-refractivity contribution in [2.24, 2.45) is 16.6 Å². The summed E-state index contributed by atoms with van der Waals surface area (Å²) in [5.41, 5.74) is 5.99. The average molecular weight is 371 g/mol. The fourth-order valence-corrected chi connectivity index (χ4v) is 6.11. The third-order valence-electron chi connectivity index (χ3n) is 4.81. The normalized spacial score (nSPS) is 24.3. The van der Waals surface area contributed by atoms with Crippen LogP contribution in [-0.2, 0) is 10.0 Å². The SMILES string of the molecule is NC(=NCC1CCN(S(=O)(=O)c2cccs2)C1)NC1CCCCC1. The molecule has 0 spiro atoms. The van der Waals surface area contributed by atoms with Crippen LogP contribution in [0.4, 0.5) is 0 Å². The summed E-state index contributed by atoms with van der Waals surface area (Å²) in [6.07, 6.45) is 6.97. The van der Waals surface area contributed by atoms with Crippen molar-refractivity contribution in [1.82, 2.24) is 9.62 Å². The number of hydrogen-bond acceptors (Lipinski definition) is 4. The van der Waals surface area contributed by atoms with Gasteiger partial charge in [0.2, 0.25) is 0 Å². The second-order valence-electron chi connectivity index (χ2n) is 6.66. The Morgan fingerprint density at radius 1 is 1.33 bits per heavy atom. The van der Waals surface area contributed by atoms with Crippen LogP contribution in [-0.4, -0.2) is 44.4 Å². The van der Waals surface area contributed by atoms with Gasteiger partial charge in [-0.3, -0.25) is 4.99 Å². The van der Waals surface area contributed by atoms with Crippen molar-refractivity contribution in [3.8, 4) is 0 Å². The van der Waals surface area contributed by atoms with E-state index in [4.69, 9.17) is 5.73 Å². The van der Waals surface area contributed by atoms with Crippen molar-refractivity contribution in [3.63, 3.8) is 0 Å². The molecule has 1 saturated heterocycles. The highest BCUT2D eigenvalue weighted by Crippen LogP contribution is 2.27. The van der Waals surface area contributed by atoms with E-state index in [0.29, 0.717) is 35.8 Å². The lowest BCUT2D eigenvalue weighted by atomic mass is 9.96. The van der Waals surface area contributed by atoms with Gasteiger partial charge in [0, 0.05) is 25.7 Å². The van der Waals surface area contributed by atoms with E-state index < -0.39 is 10.0 Å². The van der Waals surface area contributed by atoms with Crippen molar-refractivity contribution >= 4 is 27.3 Å². The van der Waals surface area contributed by atoms with Crippen LogP contribution in [0.15, 0.2) is 26.7 Å². The van der Waals surface area contributed by atoms with Gasteiger partial charge in [0.1, 0.15) is 4.21 Å². The van der Waals surface area contributed by atoms with Crippen LogP contribution in [0.2, 0.25) is 0 Å². The zero-order valence-electron chi connectivity index (χ0n) is 13.9. The molecule has 0 aromatic carbocycles. The molecule has 134 valence electrons. The third-order valence-corrected chi connectivity index (χ3v) is 8.05. The summed E-state index contributed by atoms with van der Waals surface area (Å²) in [5, 5.41) is 5.10. The molecule has 24 heavy (non-hydrogen) atoms. The van der Waals surface area contributed by atoms with E-state index in [9.17, 15) is 8.42 Å². The minimum absolute atomic E-state index is 0.242. The highest BCUT2D eigenvalue weighted by molar-refractivity contribution is 7.91. The third kappa shape index (κ3) is 4.29. The van der Waals surface area contributed by atoms with Gasteiger partial charge < -0.3 is 11.1 Å². The van der Waals surface area contributed by atoms with Gasteiger partial charge in [0.15, 0.2) is 5.96 Å². The van der Waals surface area contributed by atoms with Crippen LogP contribution in [0.1, 0.15) is 38.5 Å². The molecule has 0 radical (unpaired) electrons. The van der Waals surface area contributed by atoms with Gasteiger partial charge in [-0.25, -0.2) is 8.42 Å². The summed E-state index contributed by atoms with van der Waals surface area (Å²) in [7, 11) is -3.33. The van der Waals surface area contributed by atoms with Gasteiger partial charge >= 0.3 is 0 Å². The van der Waals surface area contributed by atoms with Gasteiger partial charge in [-0.1, -0.05) is 25.3 Å². The van der Waals surface area contributed by atoms with Gasteiger partial charge in [0.05, 0.1) is 0 Å². The standard InChI is InChI=1S/C16H26N4O2S2/c17-16(19-14-5-2-1-3-6-14)18-11-13-8-9-20(12-13)24(21,22)15-7-4-10-23-15/h4,7,10,13-14H,1-3,5-6,8-9,11-12H2,(H3,17,18,19). The molecule has 2 aliphatic rings. The predicted molar refractivity (Wildman–Crippen MR) is 97.7 cm³/mol. The Morgan fingerprint density at radius 2 is 2.12 bits per heavy atom. The topological polar surface area (TPSA) is 87.8 Å². The molecule has 1 aromatic heterocycles. The number of nitrogens with one attached hydrogen (secondary N) is 1. The number of thiophene rings is 1. The molecule has 1 aliphatic carbocycles. The van der Waals surface area contributed by atoms with E-state index in [0.717, 1.165) is 19.3 Å². The largest absolute Gasteiger partial charge is 0.370 e. The first-order chi connectivity index (χ1) is 11.6. The number of aliphatic imine (C=N–C) groups is 1. The quantitative estimate of drug-likeness (QED) is 0.613. The van der Waals surface area contributed by atoms with Crippen LogP contribution >= 0.6 is 11.3 Å². The van der Waals surface area contributed by atoms with Crippen molar-refractivity contribution in [2.75, 3.05) is 19.6 Å². The average Bonchev–Trinajstić information content (AvgIpc) is 3.26. The summed E-state index contributed by atoms with van der Waals surface area (Å²) in [6.45, 7) is 1.68. The first-order valence-corrected chi connectivity index (χ1v) is 11.0. The van der Waals surface area contributed by atoms with E-state index >= 15 is 0 Å². The maximum absolute atomic E-state index is 12.5. The molecular weight excluding hydrogens is 344 g/mol. The minimum Gasteiger partial charge on any atom is -0.370 e. The van der Waals surface area contributed by atoms with E-state index in [1.807, 2.05) is 0 Å². The maximum atomic E-state index is 12.5. The van der Waals surface area contributed by atoms with Crippen LogP contribution in [0.25, 0.3) is 0 Å². The monoisotopic (exact) mass is 370 g/mol. The maximum Gasteiger partial charge on any atom is 0.252 e. The molecule has 0 bridgehead atoms. The Morgan fingerprint density at radius 3 is 2.83 bits per heavy atom. The Labute approximate surface area is 148 Å². The van der Waals surface area contributed by atoms with E-state index in [1.165, 1.54) is 30.6 Å². The Balaban J connectivity index is 1.50. The molecule has 1 aromatic rings. The van der Waals surface area contributed by atoms with Gasteiger partial charge in [-0.2, -0.15) is 4.31 Å². The van der Waals surface area contributed by atoms with E-state index in [1.54, 1.807) is 21.8 Å². The molecule has 6 nitrogen and oxygen atoms in total. The lowest BCUT2D eigenvalue weighted by Gasteiger charge is -2.23. The van der Waals surface area contributed by atoms with Crippen molar-refractivity contribution in [1.29, 1.82) is 0 Å². The number of nitrogens with zero attached hydrogens (tertiary/aromatic N) is 2. The Hall–Kier alpha value is -1.12. The fraction of sp³-hybridized carbons (Fsp3) is 0.688. The zero-order valence-corrected chi connectivity index (χ0v) is 15.5. The summed E-state index contributed by atoms with van der Waals surface area (Å²) >= 11 is 1.27. The molecule has 3 rings (SSSR count). The molecule has 1 atom stereocenters. The summed E-state index contributed by atoms with van der Waals surface area (Å²) in [5.74, 6) is 0.743. The smallest absolute Gasteiger partial charge is 0.252 e. The van der Waals surface area contributed by atoms with Crippen molar-refractivity contribution in [2.45, 2.75) is 48.8 Å². The van der Waals surface area contributed by atoms with E-state index in [2.05, 4.69) is 10.3 Å². The number of sulfonamides is 1. The molecule has 8 heteroatoms. The Bertz CT molecular complexity index is 652. The van der Waals surface area contributed by atoms with Crippen molar-refractivity contribution < 1.29 is 8.42 Å². The molecule has 1 aliphatic heterocycles. The van der Waals surface area contributed by atoms with Crippen LogP contribution in [0.5, 0.6) is 0 Å². The first kappa shape index (κ1) is 17.7. The number of rotatable bonds is 5. The summed E-state index contributed by atoms with van der Waals surface area (Å²) < 4.78 is 27.0. The lowest BCUT2D eigenvalue weighted by molar-refractivity contribution is 0.411. The van der Waals surface area contributed by atoms with Crippen molar-refractivity contribution in [3.05, 3.63) is 17.5 Å². The number of nitrogens with two attached hydrogens (primary N) is 1. The molecule has 3 N–H and O–H groups in total. The molecular formula is C16H26N4O2S2. The highest BCUT2D eigenvalue weighted by atomic mass is 32.2. The fourth-order valence-electron chi connectivity index (χ4n) is 3.43. The number of hydrogen-bond donors (Lipinski definition) is 2. The summed E-state index contributed by atoms with van der Waals surface area (Å²) in [4.78, 5) is 4.44. The van der Waals surface area contributed by atoms with Crippen LogP contribution in [0.3, 0.4) is 0 Å². The molecule has 1 saturated carbocycles. The molecule has 0 amide bonds. The number of guanidine groups is 1. The van der Waals surface area contributed by atoms with Gasteiger partial charge in [-0.05, 0) is 36.6 Å². The Kier molecular flexibility index (Phi) is 5.78. The van der Waals surface area contributed by atoms with Crippen LogP contribution in [0, 0.1) is 5.92 Å². The van der Waals surface area contributed by atoms with E-state index in [-0.39, 0.29) is 5.92 Å². The zero-order chi connectivity index (χ0) is 17.0. The van der Waals surface area contributed by atoms with Crippen LogP contribution < -0.4 is 11.1 Å². The minimum atomic E-state index is -3.33. The highest BCUT2D eigenvalue weighted by Gasteiger charge is 2.32. The predicted octanol–water partition coefficient (Wildman–Crippen LogP) is 2.00. The summed E-state index contributed by atoms with van der Waals surface area (Å²) in [6, 6.07) is 3.88. The second-order valence-corrected chi connectivity index (χ2v) is 9.77.